The molecule has 0 aromatic heterocycles. The molecule has 0 spiro atoms. The Morgan fingerprint density at radius 3 is 2.30 bits per heavy atom. The van der Waals surface area contributed by atoms with Crippen LogP contribution < -0.4 is 15.4 Å². The van der Waals surface area contributed by atoms with Gasteiger partial charge in [-0.1, -0.05) is 35.9 Å². The summed E-state index contributed by atoms with van der Waals surface area (Å²) in [7, 11) is 1.64. The molecule has 1 saturated heterocycles. The van der Waals surface area contributed by atoms with Crippen LogP contribution in [0.5, 0.6) is 5.75 Å². The largest absolute Gasteiger partial charge is 0.496 e. The minimum Gasteiger partial charge on any atom is -0.496 e. The van der Waals surface area contributed by atoms with E-state index in [1.54, 1.807) is 7.11 Å². The molecule has 3 rings (SSSR count). The molecule has 1 fully saturated rings. The first-order chi connectivity index (χ1) is 14.4. The van der Waals surface area contributed by atoms with Crippen molar-refractivity contribution >= 4 is 17.5 Å². The molecule has 0 bridgehead atoms. The van der Waals surface area contributed by atoms with Crippen molar-refractivity contribution in [3.63, 3.8) is 0 Å². The zero-order chi connectivity index (χ0) is 21.7. The Hall–Kier alpha value is -2.86. The lowest BCUT2D eigenvalue weighted by molar-refractivity contribution is -0.136. The Morgan fingerprint density at radius 1 is 1.03 bits per heavy atom. The maximum atomic E-state index is 12.6. The topological polar surface area (TPSA) is 76.7 Å². The van der Waals surface area contributed by atoms with Gasteiger partial charge in [-0.05, 0) is 50.8 Å². The summed E-state index contributed by atoms with van der Waals surface area (Å²) >= 11 is 0. The number of para-hydroxylation sites is 1. The summed E-state index contributed by atoms with van der Waals surface area (Å²) in [6.45, 7) is 7.39. The Labute approximate surface area is 178 Å². The van der Waals surface area contributed by atoms with Gasteiger partial charge >= 0.3 is 11.8 Å². The quantitative estimate of drug-likeness (QED) is 0.741. The highest BCUT2D eigenvalue weighted by Crippen LogP contribution is 2.39. The van der Waals surface area contributed by atoms with Crippen LogP contribution in [0.15, 0.2) is 36.4 Å². The number of benzene rings is 2. The normalized spacial score (nSPS) is 15.3. The molecule has 2 N–H and O–H groups in total. The molecular formula is C24H30N2O4. The lowest BCUT2D eigenvalue weighted by Crippen LogP contribution is -2.47. The van der Waals surface area contributed by atoms with Gasteiger partial charge in [-0.3, -0.25) is 9.59 Å². The van der Waals surface area contributed by atoms with Crippen LogP contribution in [0.3, 0.4) is 0 Å². The molecule has 0 unspecified atom stereocenters. The van der Waals surface area contributed by atoms with Crippen LogP contribution in [-0.2, 0) is 19.7 Å². The number of methoxy groups -OCH3 is 1. The Bertz CT molecular complexity index is 910. The summed E-state index contributed by atoms with van der Waals surface area (Å²) in [6.07, 6.45) is 1.48. The first kappa shape index (κ1) is 21.8. The number of ether oxygens (including phenoxy) is 2. The highest BCUT2D eigenvalue weighted by molar-refractivity contribution is 6.39. The minimum atomic E-state index is -0.660. The van der Waals surface area contributed by atoms with Gasteiger partial charge in [0.25, 0.3) is 0 Å². The Balaban J connectivity index is 1.74. The second kappa shape index (κ2) is 9.30. The molecule has 0 radical (unpaired) electrons. The van der Waals surface area contributed by atoms with Gasteiger partial charge < -0.3 is 20.1 Å². The lowest BCUT2D eigenvalue weighted by atomic mass is 9.73. The van der Waals surface area contributed by atoms with Crippen LogP contribution in [0.2, 0.25) is 0 Å². The van der Waals surface area contributed by atoms with E-state index in [0.29, 0.717) is 25.4 Å². The third-order valence-electron chi connectivity index (χ3n) is 5.84. The third kappa shape index (κ3) is 4.65. The SMILES string of the molecule is COc1ccccc1C1(CNC(=O)C(=O)Nc2c(C)cc(C)cc2C)CCOCC1. The molecule has 2 aromatic carbocycles. The average Bonchev–Trinajstić information content (AvgIpc) is 2.75. The van der Waals surface area contributed by atoms with E-state index in [2.05, 4.69) is 10.6 Å². The van der Waals surface area contributed by atoms with Gasteiger partial charge in [0.05, 0.1) is 7.11 Å². The van der Waals surface area contributed by atoms with Crippen molar-refractivity contribution < 1.29 is 19.1 Å². The van der Waals surface area contributed by atoms with Crippen LogP contribution in [0.25, 0.3) is 0 Å². The fourth-order valence-electron chi connectivity index (χ4n) is 4.26. The number of rotatable bonds is 5. The van der Waals surface area contributed by atoms with Crippen LogP contribution in [0.1, 0.15) is 35.1 Å². The molecule has 30 heavy (non-hydrogen) atoms. The predicted octanol–water partition coefficient (Wildman–Crippen LogP) is 3.42. The zero-order valence-corrected chi connectivity index (χ0v) is 18.1. The Morgan fingerprint density at radius 2 is 1.67 bits per heavy atom. The standard InChI is InChI=1S/C24H30N2O4/c1-16-13-17(2)21(18(3)14-16)26-23(28)22(27)25-15-24(9-11-30-12-10-24)19-7-5-6-8-20(19)29-4/h5-8,13-14H,9-12,15H2,1-4H3,(H,25,27)(H,26,28). The molecule has 6 nitrogen and oxygen atoms in total. The van der Waals surface area contributed by atoms with Crippen molar-refractivity contribution in [1.29, 1.82) is 0 Å². The van der Waals surface area contributed by atoms with E-state index in [1.807, 2.05) is 57.2 Å². The van der Waals surface area contributed by atoms with Gasteiger partial charge in [0, 0.05) is 36.4 Å². The van der Waals surface area contributed by atoms with Gasteiger partial charge in [0.2, 0.25) is 0 Å². The third-order valence-corrected chi connectivity index (χ3v) is 5.84. The molecule has 2 amide bonds. The van der Waals surface area contributed by atoms with E-state index >= 15 is 0 Å². The number of anilines is 1. The van der Waals surface area contributed by atoms with E-state index < -0.39 is 11.8 Å². The summed E-state index contributed by atoms with van der Waals surface area (Å²) in [5, 5.41) is 5.62. The van der Waals surface area contributed by atoms with Gasteiger partial charge in [0.1, 0.15) is 5.75 Å². The summed E-state index contributed by atoms with van der Waals surface area (Å²) < 4.78 is 11.1. The van der Waals surface area contributed by atoms with Gasteiger partial charge in [-0.2, -0.15) is 0 Å². The van der Waals surface area contributed by atoms with E-state index in [0.717, 1.165) is 40.8 Å². The van der Waals surface area contributed by atoms with Crippen LogP contribution in [0.4, 0.5) is 5.69 Å². The van der Waals surface area contributed by atoms with Gasteiger partial charge in [-0.25, -0.2) is 0 Å². The summed E-state index contributed by atoms with van der Waals surface area (Å²) in [6, 6.07) is 11.8. The summed E-state index contributed by atoms with van der Waals surface area (Å²) in [5.41, 5.74) is 4.36. The molecule has 160 valence electrons. The molecule has 1 aliphatic rings. The number of hydrogen-bond donors (Lipinski definition) is 2. The van der Waals surface area contributed by atoms with Gasteiger partial charge in [0.15, 0.2) is 0 Å². The fraction of sp³-hybridized carbons (Fsp3) is 0.417. The van der Waals surface area contributed by atoms with E-state index in [-0.39, 0.29) is 5.41 Å². The van der Waals surface area contributed by atoms with Crippen molar-refractivity contribution in [1.82, 2.24) is 5.32 Å². The fourth-order valence-corrected chi connectivity index (χ4v) is 4.26. The minimum absolute atomic E-state index is 0.337. The van der Waals surface area contributed by atoms with E-state index in [1.165, 1.54) is 0 Å². The number of amides is 2. The number of hydrogen-bond acceptors (Lipinski definition) is 4. The number of carbonyl (C=O) groups excluding carboxylic acids is 2. The molecule has 0 atom stereocenters. The molecule has 2 aromatic rings. The molecule has 0 aliphatic carbocycles. The van der Waals surface area contributed by atoms with Crippen molar-refractivity contribution in [3.05, 3.63) is 58.7 Å². The summed E-state index contributed by atoms with van der Waals surface area (Å²) in [4.78, 5) is 25.2. The average molecular weight is 411 g/mol. The molecule has 1 aliphatic heterocycles. The van der Waals surface area contributed by atoms with E-state index in [9.17, 15) is 9.59 Å². The van der Waals surface area contributed by atoms with Crippen LogP contribution in [-0.4, -0.2) is 38.7 Å². The predicted molar refractivity (Wildman–Crippen MR) is 117 cm³/mol. The first-order valence-corrected chi connectivity index (χ1v) is 10.2. The monoisotopic (exact) mass is 410 g/mol. The highest BCUT2D eigenvalue weighted by atomic mass is 16.5. The van der Waals surface area contributed by atoms with Crippen molar-refractivity contribution in [2.24, 2.45) is 0 Å². The van der Waals surface area contributed by atoms with Gasteiger partial charge in [-0.15, -0.1) is 0 Å². The molecular weight excluding hydrogens is 380 g/mol. The zero-order valence-electron chi connectivity index (χ0n) is 18.1. The maximum absolute atomic E-state index is 12.6. The first-order valence-electron chi connectivity index (χ1n) is 10.2. The lowest BCUT2D eigenvalue weighted by Gasteiger charge is -2.38. The van der Waals surface area contributed by atoms with Crippen molar-refractivity contribution in [2.75, 3.05) is 32.2 Å². The van der Waals surface area contributed by atoms with E-state index in [4.69, 9.17) is 9.47 Å². The maximum Gasteiger partial charge on any atom is 0.313 e. The molecule has 1 heterocycles. The molecule has 6 heteroatoms. The number of carbonyl (C=O) groups is 2. The number of aryl methyl sites for hydroxylation is 3. The highest BCUT2D eigenvalue weighted by Gasteiger charge is 2.37. The second-order valence-electron chi connectivity index (χ2n) is 8.00. The summed E-state index contributed by atoms with van der Waals surface area (Å²) in [5.74, 6) is -0.522. The van der Waals surface area contributed by atoms with Crippen LogP contribution >= 0.6 is 0 Å². The van der Waals surface area contributed by atoms with Crippen molar-refractivity contribution in [3.8, 4) is 5.75 Å². The Kier molecular flexibility index (Phi) is 6.77. The molecule has 0 saturated carbocycles. The van der Waals surface area contributed by atoms with Crippen molar-refractivity contribution in [2.45, 2.75) is 39.0 Å². The smallest absolute Gasteiger partial charge is 0.313 e. The number of nitrogens with one attached hydrogen (secondary N) is 2. The van der Waals surface area contributed by atoms with Crippen LogP contribution in [0, 0.1) is 20.8 Å². The second-order valence-corrected chi connectivity index (χ2v) is 8.00.